The minimum Gasteiger partial charge on any atom is -0.0654 e. The molecule has 0 aliphatic rings. The molecule has 0 heterocycles. The number of hydrogen-bond donors (Lipinski definition) is 0. The van der Waals surface area contributed by atoms with Crippen molar-refractivity contribution in [3.05, 3.63) is 0 Å². The number of hydrogen-bond acceptors (Lipinski definition) is 0. The molecule has 70 heavy (non-hydrogen) atoms. The van der Waals surface area contributed by atoms with E-state index in [-0.39, 0.29) is 0 Å². The predicted octanol–water partition coefficient (Wildman–Crippen LogP) is 26.9. The van der Waals surface area contributed by atoms with E-state index in [2.05, 4.69) is 27.7 Å². The first kappa shape index (κ1) is 70.4. The molecule has 0 aliphatic carbocycles. The van der Waals surface area contributed by atoms with Crippen LogP contribution in [0, 0.1) is 0 Å². The van der Waals surface area contributed by atoms with Gasteiger partial charge in [0.1, 0.15) is 0 Å². The minimum absolute atomic E-state index is 0.844. The molecule has 0 nitrogen and oxygen atoms in total. The van der Waals surface area contributed by atoms with Crippen molar-refractivity contribution in [2.45, 2.75) is 419 Å². The van der Waals surface area contributed by atoms with Crippen LogP contribution in [0.25, 0.3) is 0 Å². The fraction of sp³-hybridized carbons (Fsp3) is 1.00. The van der Waals surface area contributed by atoms with Gasteiger partial charge in [-0.05, 0) is 51.4 Å². The van der Waals surface area contributed by atoms with E-state index >= 15 is 0 Å². The summed E-state index contributed by atoms with van der Waals surface area (Å²) in [4.78, 5) is 0. The molecule has 0 saturated heterocycles. The van der Waals surface area contributed by atoms with E-state index in [0.717, 1.165) is 0 Å². The van der Waals surface area contributed by atoms with Crippen molar-refractivity contribution in [2.75, 3.05) is 24.6 Å². The molecule has 0 radical (unpaired) electrons. The zero-order valence-corrected chi connectivity index (χ0v) is 51.3. The monoisotopic (exact) mass is 1000 g/mol. The van der Waals surface area contributed by atoms with Gasteiger partial charge in [-0.15, -0.1) is 0 Å². The Labute approximate surface area is 449 Å². The molecule has 1 heteroatoms. The lowest BCUT2D eigenvalue weighted by Gasteiger charge is -2.28. The van der Waals surface area contributed by atoms with Gasteiger partial charge >= 0.3 is 0 Å². The molecule has 0 aromatic heterocycles. The van der Waals surface area contributed by atoms with Crippen molar-refractivity contribution in [1.29, 1.82) is 0 Å². The molecule has 0 aliphatic heterocycles. The summed E-state index contributed by atoms with van der Waals surface area (Å²) in [6, 6.07) is 0. The van der Waals surface area contributed by atoms with Crippen molar-refractivity contribution in [1.82, 2.24) is 0 Å². The highest BCUT2D eigenvalue weighted by atomic mass is 31.2. The first-order valence-electron chi connectivity index (χ1n) is 34.6. The van der Waals surface area contributed by atoms with E-state index in [1.165, 1.54) is 366 Å². The molecule has 0 atom stereocenters. The van der Waals surface area contributed by atoms with E-state index in [1.54, 1.807) is 50.3 Å². The van der Waals surface area contributed by atoms with Crippen LogP contribution >= 0.6 is 7.26 Å². The van der Waals surface area contributed by atoms with Crippen LogP contribution in [0.2, 0.25) is 0 Å². The Balaban J connectivity index is 4.95. The molecule has 0 rings (SSSR count). The highest BCUT2D eigenvalue weighted by Crippen LogP contribution is 2.61. The second-order valence-corrected chi connectivity index (χ2v) is 28.9. The summed E-state index contributed by atoms with van der Waals surface area (Å²) in [6.07, 6.45) is 97.8. The van der Waals surface area contributed by atoms with Crippen molar-refractivity contribution in [3.8, 4) is 0 Å². The van der Waals surface area contributed by atoms with Crippen LogP contribution in [0.5, 0.6) is 0 Å². The summed E-state index contributed by atoms with van der Waals surface area (Å²) in [5, 5.41) is 0. The minimum atomic E-state index is -0.844. The van der Waals surface area contributed by atoms with Crippen LogP contribution in [0.1, 0.15) is 419 Å². The summed E-state index contributed by atoms with van der Waals surface area (Å²) in [5.74, 6) is 0. The maximum atomic E-state index is 2.34. The van der Waals surface area contributed by atoms with E-state index < -0.39 is 7.26 Å². The molecule has 0 spiro atoms. The largest absolute Gasteiger partial charge is 0.0654 e. The Morgan fingerprint density at radius 2 is 0.200 bits per heavy atom. The van der Waals surface area contributed by atoms with Gasteiger partial charge in [0, 0.05) is 7.26 Å². The van der Waals surface area contributed by atoms with Gasteiger partial charge in [-0.2, -0.15) is 0 Å². The topological polar surface area (TPSA) is 0 Å². The van der Waals surface area contributed by atoms with Gasteiger partial charge in [-0.25, -0.2) is 0 Å². The van der Waals surface area contributed by atoms with Crippen LogP contribution in [-0.4, -0.2) is 24.6 Å². The van der Waals surface area contributed by atoms with Crippen LogP contribution < -0.4 is 0 Å². The van der Waals surface area contributed by atoms with Gasteiger partial charge in [0.25, 0.3) is 0 Å². The van der Waals surface area contributed by atoms with Gasteiger partial charge in [0.05, 0.1) is 24.6 Å². The average molecular weight is 1000 g/mol. The molecule has 0 bridgehead atoms. The third kappa shape index (κ3) is 57.7. The molecule has 0 saturated carbocycles. The van der Waals surface area contributed by atoms with Crippen LogP contribution in [0.4, 0.5) is 0 Å². The van der Waals surface area contributed by atoms with E-state index in [4.69, 9.17) is 0 Å². The van der Waals surface area contributed by atoms with Crippen LogP contribution in [-0.2, 0) is 0 Å². The van der Waals surface area contributed by atoms with E-state index in [9.17, 15) is 0 Å². The van der Waals surface area contributed by atoms with E-state index in [0.29, 0.717) is 0 Å². The molecule has 0 aromatic carbocycles. The molecule has 0 amide bonds. The third-order valence-corrected chi connectivity index (χ3v) is 22.3. The first-order chi connectivity index (χ1) is 34.7. The molecule has 0 fully saturated rings. The highest BCUT2D eigenvalue weighted by Gasteiger charge is 2.35. The maximum absolute atomic E-state index is 2.34. The Morgan fingerprint density at radius 3 is 0.300 bits per heavy atom. The fourth-order valence-corrected chi connectivity index (χ4v) is 17.0. The Bertz CT molecular complexity index is 795. The maximum Gasteiger partial charge on any atom is 0.0594 e. The third-order valence-electron chi connectivity index (χ3n) is 17.2. The molecular weight excluding hydrogens is 860 g/mol. The van der Waals surface area contributed by atoms with E-state index in [1.807, 2.05) is 0 Å². The Hall–Kier alpha value is 0.430. The van der Waals surface area contributed by atoms with Gasteiger partial charge in [0.15, 0.2) is 0 Å². The summed E-state index contributed by atoms with van der Waals surface area (Å²) in [5.41, 5.74) is 0. The van der Waals surface area contributed by atoms with Crippen LogP contribution in [0.3, 0.4) is 0 Å². The van der Waals surface area contributed by atoms with Crippen molar-refractivity contribution in [3.63, 3.8) is 0 Å². The first-order valence-corrected chi connectivity index (χ1v) is 37.1. The standard InChI is InChI=1S/C69H142P/c1-5-9-13-17-21-25-29-33-37-41-45-49-53-57-61-65-69-70(66-62-58-54-50-46-42-38-34-30-26-22-18-14-10-6-2,67-63-59-55-51-47-43-39-35-31-27-23-19-15-11-7-3)68-64-60-56-52-48-44-40-36-32-28-24-20-16-12-8-4/h5-69H2,1-4H3/q+1. The Kier molecular flexibility index (Phi) is 64.1. The Morgan fingerprint density at radius 1 is 0.114 bits per heavy atom. The average Bonchev–Trinajstić information content (AvgIpc) is 3.37. The summed E-state index contributed by atoms with van der Waals surface area (Å²) >= 11 is 0. The SMILES string of the molecule is CCCCCCCCCCCCCCCCCC[P+](CCCCCCCCCCCCCCCCC)(CCCCCCCCCCCCCCCCC)CCCCCCCCCCCCCCCCC. The van der Waals surface area contributed by atoms with Gasteiger partial charge in [0.2, 0.25) is 0 Å². The van der Waals surface area contributed by atoms with Gasteiger partial charge in [-0.3, -0.25) is 0 Å². The normalized spacial score (nSPS) is 12.0. The lowest BCUT2D eigenvalue weighted by atomic mass is 10.0. The zero-order valence-electron chi connectivity index (χ0n) is 50.4. The van der Waals surface area contributed by atoms with Crippen molar-refractivity contribution < 1.29 is 0 Å². The van der Waals surface area contributed by atoms with Crippen LogP contribution in [0.15, 0.2) is 0 Å². The molecule has 422 valence electrons. The second kappa shape index (κ2) is 63.7. The highest BCUT2D eigenvalue weighted by molar-refractivity contribution is 7.75. The summed E-state index contributed by atoms with van der Waals surface area (Å²) < 4.78 is 0. The fourth-order valence-electron chi connectivity index (χ4n) is 12.1. The summed E-state index contributed by atoms with van der Waals surface area (Å²) in [6.45, 7) is 9.34. The molecule has 0 unspecified atom stereocenters. The second-order valence-electron chi connectivity index (χ2n) is 24.4. The molecular formula is C69H142P+. The summed E-state index contributed by atoms with van der Waals surface area (Å²) in [7, 11) is -0.844. The van der Waals surface area contributed by atoms with Crippen molar-refractivity contribution >= 4 is 7.26 Å². The lowest BCUT2D eigenvalue weighted by Crippen LogP contribution is -2.13. The van der Waals surface area contributed by atoms with Crippen molar-refractivity contribution in [2.24, 2.45) is 0 Å². The lowest BCUT2D eigenvalue weighted by molar-refractivity contribution is 0.531. The predicted molar refractivity (Wildman–Crippen MR) is 331 cm³/mol. The molecule has 0 aromatic rings. The number of unbranched alkanes of at least 4 members (excludes halogenated alkanes) is 57. The zero-order chi connectivity index (χ0) is 50.5. The quantitative estimate of drug-likeness (QED) is 0.0421. The van der Waals surface area contributed by atoms with Gasteiger partial charge < -0.3 is 0 Å². The smallest absolute Gasteiger partial charge is 0.0594 e. The number of rotatable bonds is 65. The molecule has 0 N–H and O–H groups in total. The van der Waals surface area contributed by atoms with Gasteiger partial charge in [-0.1, -0.05) is 368 Å².